The summed E-state index contributed by atoms with van der Waals surface area (Å²) in [5.41, 5.74) is 0.0406. The van der Waals surface area contributed by atoms with E-state index in [1.165, 1.54) is 13.0 Å². The van der Waals surface area contributed by atoms with E-state index in [9.17, 15) is 19.5 Å². The van der Waals surface area contributed by atoms with Crippen molar-refractivity contribution in [1.29, 1.82) is 0 Å². The van der Waals surface area contributed by atoms with Crippen molar-refractivity contribution in [1.82, 2.24) is 0 Å². The molecule has 94 valence electrons. The van der Waals surface area contributed by atoms with Crippen LogP contribution in [0.2, 0.25) is 0 Å². The fourth-order valence-electron chi connectivity index (χ4n) is 1.42. The largest absolute Gasteiger partial charge is 0.504 e. The molecule has 1 N–H and O–H groups in total. The molecular formula is C14H14O4. The molecule has 0 unspecified atom stereocenters. The van der Waals surface area contributed by atoms with Gasteiger partial charge < -0.3 is 5.11 Å². The van der Waals surface area contributed by atoms with Crippen LogP contribution in [-0.2, 0) is 14.4 Å². The topological polar surface area (TPSA) is 71.4 Å². The van der Waals surface area contributed by atoms with Crippen molar-refractivity contribution in [2.45, 2.75) is 20.3 Å². The van der Waals surface area contributed by atoms with E-state index in [-0.39, 0.29) is 23.4 Å². The zero-order valence-electron chi connectivity index (χ0n) is 10.3. The lowest BCUT2D eigenvalue weighted by molar-refractivity contribution is -0.119. The van der Waals surface area contributed by atoms with Crippen LogP contribution in [0.5, 0.6) is 0 Å². The number of Topliss-reactive ketones (excluding diaryl/α,β-unsaturated/α-hetero) is 1. The Morgan fingerprint density at radius 1 is 1.33 bits per heavy atom. The van der Waals surface area contributed by atoms with Crippen LogP contribution in [-0.4, -0.2) is 22.5 Å². The zero-order chi connectivity index (χ0) is 13.7. The van der Waals surface area contributed by atoms with Gasteiger partial charge in [-0.15, -0.1) is 0 Å². The standard InChI is InChI=1S/C14H14O4/c1-3-4-5-6-11(15)7-10-8-12(16)9(2)13(17)14(10)18/h3-6,8,17H,7H2,1-2H3/b4-3+,6-5+. The predicted molar refractivity (Wildman–Crippen MR) is 67.0 cm³/mol. The molecule has 0 bridgehead atoms. The van der Waals surface area contributed by atoms with E-state index in [4.69, 9.17) is 0 Å². The van der Waals surface area contributed by atoms with Crippen LogP contribution in [0.3, 0.4) is 0 Å². The molecule has 0 aromatic rings. The van der Waals surface area contributed by atoms with Gasteiger partial charge in [0.2, 0.25) is 5.78 Å². The second-order valence-corrected chi connectivity index (χ2v) is 3.86. The molecule has 4 nitrogen and oxygen atoms in total. The summed E-state index contributed by atoms with van der Waals surface area (Å²) in [6, 6.07) is 0. The lowest BCUT2D eigenvalue weighted by Gasteiger charge is -2.11. The molecule has 0 spiro atoms. The van der Waals surface area contributed by atoms with E-state index in [0.717, 1.165) is 6.08 Å². The molecular weight excluding hydrogens is 232 g/mol. The van der Waals surface area contributed by atoms with Gasteiger partial charge in [0, 0.05) is 17.6 Å². The Balaban J connectivity index is 2.81. The highest BCUT2D eigenvalue weighted by Gasteiger charge is 2.26. The number of aliphatic hydroxyl groups is 1. The smallest absolute Gasteiger partial charge is 0.224 e. The summed E-state index contributed by atoms with van der Waals surface area (Å²) in [4.78, 5) is 34.5. The number of hydrogen-bond donors (Lipinski definition) is 1. The zero-order valence-corrected chi connectivity index (χ0v) is 10.3. The lowest BCUT2D eigenvalue weighted by atomic mass is 9.93. The first-order valence-electron chi connectivity index (χ1n) is 5.49. The van der Waals surface area contributed by atoms with Gasteiger partial charge in [-0.1, -0.05) is 18.2 Å². The van der Waals surface area contributed by atoms with Crippen molar-refractivity contribution >= 4 is 17.3 Å². The van der Waals surface area contributed by atoms with Gasteiger partial charge in [0.1, 0.15) is 0 Å². The first-order chi connectivity index (χ1) is 8.47. The Kier molecular flexibility index (Phi) is 4.54. The summed E-state index contributed by atoms with van der Waals surface area (Å²) in [5.74, 6) is -1.96. The van der Waals surface area contributed by atoms with Crippen LogP contribution < -0.4 is 0 Å². The maximum atomic E-state index is 11.6. The third-order valence-electron chi connectivity index (χ3n) is 2.49. The van der Waals surface area contributed by atoms with E-state index in [0.29, 0.717) is 0 Å². The number of aliphatic hydroxyl groups excluding tert-OH is 1. The van der Waals surface area contributed by atoms with Crippen molar-refractivity contribution < 1.29 is 19.5 Å². The molecule has 0 aromatic heterocycles. The lowest BCUT2D eigenvalue weighted by Crippen LogP contribution is -2.19. The minimum Gasteiger partial charge on any atom is -0.504 e. The van der Waals surface area contributed by atoms with Crippen molar-refractivity contribution in [3.8, 4) is 0 Å². The fourth-order valence-corrected chi connectivity index (χ4v) is 1.42. The Morgan fingerprint density at radius 3 is 2.61 bits per heavy atom. The molecule has 0 amide bonds. The molecule has 0 aliphatic heterocycles. The molecule has 1 aliphatic rings. The summed E-state index contributed by atoms with van der Waals surface area (Å²) in [6.07, 6.45) is 7.24. The Bertz CT molecular complexity index is 516. The van der Waals surface area contributed by atoms with Crippen molar-refractivity contribution in [2.24, 2.45) is 0 Å². The average Bonchev–Trinajstić information content (AvgIpc) is 2.33. The fraction of sp³-hybridized carbons (Fsp3) is 0.214. The van der Waals surface area contributed by atoms with Gasteiger partial charge in [-0.05, 0) is 26.0 Å². The number of carbonyl (C=O) groups excluding carboxylic acids is 3. The van der Waals surface area contributed by atoms with E-state index >= 15 is 0 Å². The first kappa shape index (κ1) is 13.8. The van der Waals surface area contributed by atoms with Gasteiger partial charge in [0.25, 0.3) is 0 Å². The Hall–Kier alpha value is -2.23. The predicted octanol–water partition coefficient (Wildman–Crippen LogP) is 1.99. The molecule has 0 saturated heterocycles. The van der Waals surface area contributed by atoms with Gasteiger partial charge in [-0.2, -0.15) is 0 Å². The van der Waals surface area contributed by atoms with Gasteiger partial charge in [0.15, 0.2) is 17.3 Å². The average molecular weight is 246 g/mol. The van der Waals surface area contributed by atoms with Crippen LogP contribution >= 0.6 is 0 Å². The van der Waals surface area contributed by atoms with Gasteiger partial charge >= 0.3 is 0 Å². The van der Waals surface area contributed by atoms with Crippen LogP contribution in [0.1, 0.15) is 20.3 Å². The third kappa shape index (κ3) is 3.13. The normalized spacial score (nSPS) is 16.9. The van der Waals surface area contributed by atoms with Crippen LogP contribution in [0.4, 0.5) is 0 Å². The van der Waals surface area contributed by atoms with E-state index < -0.39 is 17.3 Å². The maximum absolute atomic E-state index is 11.6. The molecule has 0 atom stereocenters. The summed E-state index contributed by atoms with van der Waals surface area (Å²) in [5, 5.41) is 9.44. The minimum atomic E-state index is -0.653. The van der Waals surface area contributed by atoms with E-state index in [1.807, 2.05) is 6.92 Å². The molecule has 0 radical (unpaired) electrons. The van der Waals surface area contributed by atoms with Crippen LogP contribution in [0.15, 0.2) is 47.3 Å². The molecule has 1 aliphatic carbocycles. The number of hydrogen-bond acceptors (Lipinski definition) is 4. The molecule has 4 heteroatoms. The van der Waals surface area contributed by atoms with Crippen molar-refractivity contribution in [3.63, 3.8) is 0 Å². The van der Waals surface area contributed by atoms with Gasteiger partial charge in [-0.3, -0.25) is 14.4 Å². The number of allylic oxidation sites excluding steroid dienone is 7. The molecule has 0 heterocycles. The molecule has 0 fully saturated rings. The second-order valence-electron chi connectivity index (χ2n) is 3.86. The van der Waals surface area contributed by atoms with Gasteiger partial charge in [-0.25, -0.2) is 0 Å². The van der Waals surface area contributed by atoms with Crippen LogP contribution in [0, 0.1) is 0 Å². The highest BCUT2D eigenvalue weighted by Crippen LogP contribution is 2.19. The summed E-state index contributed by atoms with van der Waals surface area (Å²) in [7, 11) is 0. The first-order valence-corrected chi connectivity index (χ1v) is 5.49. The second kappa shape index (κ2) is 5.91. The SMILES string of the molecule is C/C=C/C=C/C(=O)CC1=CC(=O)C(C)=C(O)C1=O. The number of ketones is 3. The van der Waals surface area contributed by atoms with Gasteiger partial charge in [0.05, 0.1) is 0 Å². The minimum absolute atomic E-state index is 0.0145. The highest BCUT2D eigenvalue weighted by atomic mass is 16.3. The summed E-state index contributed by atoms with van der Waals surface area (Å²) < 4.78 is 0. The summed E-state index contributed by atoms with van der Waals surface area (Å²) >= 11 is 0. The quantitative estimate of drug-likeness (QED) is 0.468. The Labute approximate surface area is 105 Å². The maximum Gasteiger partial charge on any atom is 0.224 e. The van der Waals surface area contributed by atoms with E-state index in [1.54, 1.807) is 18.2 Å². The summed E-state index contributed by atoms with van der Waals surface area (Å²) in [6.45, 7) is 3.18. The molecule has 1 rings (SSSR count). The monoisotopic (exact) mass is 246 g/mol. The molecule has 18 heavy (non-hydrogen) atoms. The number of rotatable bonds is 4. The molecule has 0 aromatic carbocycles. The third-order valence-corrected chi connectivity index (χ3v) is 2.49. The molecule has 0 saturated carbocycles. The van der Waals surface area contributed by atoms with Crippen molar-refractivity contribution in [2.75, 3.05) is 0 Å². The van der Waals surface area contributed by atoms with Crippen molar-refractivity contribution in [3.05, 3.63) is 47.3 Å². The Morgan fingerprint density at radius 2 is 2.00 bits per heavy atom. The highest BCUT2D eigenvalue weighted by molar-refractivity contribution is 6.22. The van der Waals surface area contributed by atoms with Crippen LogP contribution in [0.25, 0.3) is 0 Å². The van der Waals surface area contributed by atoms with E-state index in [2.05, 4.69) is 0 Å². The number of carbonyl (C=O) groups is 3.